The van der Waals surface area contributed by atoms with Crippen molar-refractivity contribution in [3.63, 3.8) is 0 Å². The molecule has 0 amide bonds. The van der Waals surface area contributed by atoms with Crippen molar-refractivity contribution >= 4 is 33.2 Å². The molecule has 78 valence electrons. The van der Waals surface area contributed by atoms with Crippen LogP contribution in [0.1, 0.15) is 0 Å². The Bertz CT molecular complexity index is 406. The van der Waals surface area contributed by atoms with Gasteiger partial charge in [0.2, 0.25) is 0 Å². The molecule has 0 aliphatic heterocycles. The van der Waals surface area contributed by atoms with Gasteiger partial charge < -0.3 is 0 Å². The van der Waals surface area contributed by atoms with Crippen LogP contribution in [-0.2, 0) is 9.84 Å². The number of thioether (sulfide) groups is 1. The van der Waals surface area contributed by atoms with Crippen LogP contribution in [0.25, 0.3) is 0 Å². The van der Waals surface area contributed by atoms with E-state index in [9.17, 15) is 8.42 Å². The fraction of sp³-hybridized carbons (Fsp3) is 0.375. The predicted molar refractivity (Wildman–Crippen MR) is 59.7 cm³/mol. The van der Waals surface area contributed by atoms with Gasteiger partial charge in [0, 0.05) is 12.0 Å². The summed E-state index contributed by atoms with van der Waals surface area (Å²) in [7, 11) is -2.89. The van der Waals surface area contributed by atoms with Gasteiger partial charge in [0.15, 0.2) is 0 Å². The molecule has 6 heteroatoms. The summed E-state index contributed by atoms with van der Waals surface area (Å²) in [5, 5.41) is 1.18. The van der Waals surface area contributed by atoms with E-state index >= 15 is 0 Å². The Labute approximate surface area is 92.8 Å². The van der Waals surface area contributed by atoms with Gasteiger partial charge in [-0.25, -0.2) is 13.4 Å². The van der Waals surface area contributed by atoms with E-state index in [-0.39, 0.29) is 5.75 Å². The lowest BCUT2D eigenvalue weighted by molar-refractivity contribution is 0.603. The molecule has 0 bridgehead atoms. The van der Waals surface area contributed by atoms with E-state index in [1.807, 2.05) is 0 Å². The molecule has 1 rings (SSSR count). The lowest BCUT2D eigenvalue weighted by Gasteiger charge is -1.99. The molecule has 0 N–H and O–H groups in total. The maximum atomic E-state index is 10.8. The second kappa shape index (κ2) is 5.00. The summed E-state index contributed by atoms with van der Waals surface area (Å²) in [6.07, 6.45) is 1.22. The highest BCUT2D eigenvalue weighted by Crippen LogP contribution is 2.17. The smallest absolute Gasteiger partial charge is 0.148 e. The Balaban J connectivity index is 2.47. The van der Waals surface area contributed by atoms with E-state index in [2.05, 4.69) is 4.98 Å². The van der Waals surface area contributed by atoms with Gasteiger partial charge in [-0.3, -0.25) is 0 Å². The first-order valence-corrected chi connectivity index (χ1v) is 7.33. The molecule has 0 saturated carbocycles. The highest BCUT2D eigenvalue weighted by atomic mass is 35.5. The summed E-state index contributed by atoms with van der Waals surface area (Å²) in [5.74, 6) is 0.665. The Morgan fingerprint density at radius 3 is 2.79 bits per heavy atom. The van der Waals surface area contributed by atoms with Crippen molar-refractivity contribution in [3.8, 4) is 0 Å². The Morgan fingerprint density at radius 2 is 2.21 bits per heavy atom. The molecule has 0 aliphatic carbocycles. The number of aromatic nitrogens is 1. The molecular formula is C8H10ClNO2S2. The molecule has 0 radical (unpaired) electrons. The van der Waals surface area contributed by atoms with E-state index in [1.54, 1.807) is 18.2 Å². The van der Waals surface area contributed by atoms with Crippen molar-refractivity contribution in [1.82, 2.24) is 4.98 Å². The minimum Gasteiger partial charge on any atom is -0.230 e. The molecule has 14 heavy (non-hydrogen) atoms. The summed E-state index contributed by atoms with van der Waals surface area (Å²) >= 11 is 7.06. The van der Waals surface area contributed by atoms with Gasteiger partial charge in [-0.05, 0) is 12.1 Å². The van der Waals surface area contributed by atoms with Crippen LogP contribution in [0.5, 0.6) is 0 Å². The first-order valence-electron chi connectivity index (χ1n) is 3.90. The second-order valence-corrected chi connectivity index (χ2v) is 6.54. The fourth-order valence-electron chi connectivity index (χ4n) is 0.768. The van der Waals surface area contributed by atoms with Crippen LogP contribution >= 0.6 is 23.4 Å². The number of sulfone groups is 1. The highest BCUT2D eigenvalue weighted by Gasteiger charge is 2.03. The molecule has 1 heterocycles. The van der Waals surface area contributed by atoms with Crippen molar-refractivity contribution in [2.75, 3.05) is 17.8 Å². The number of nitrogens with zero attached hydrogens (tertiary/aromatic N) is 1. The van der Waals surface area contributed by atoms with Crippen LogP contribution in [0.3, 0.4) is 0 Å². The highest BCUT2D eigenvalue weighted by molar-refractivity contribution is 8.00. The van der Waals surface area contributed by atoms with Crippen molar-refractivity contribution in [2.24, 2.45) is 0 Å². The van der Waals surface area contributed by atoms with Crippen molar-refractivity contribution in [1.29, 1.82) is 0 Å². The zero-order valence-corrected chi connectivity index (χ0v) is 9.99. The molecule has 0 spiro atoms. The third kappa shape index (κ3) is 4.83. The van der Waals surface area contributed by atoms with E-state index < -0.39 is 9.84 Å². The SMILES string of the molecule is CS(=O)(=O)CCSc1cccc(Cl)n1. The zero-order valence-electron chi connectivity index (χ0n) is 7.60. The van der Waals surface area contributed by atoms with Gasteiger partial charge in [0.1, 0.15) is 15.0 Å². The average Bonchev–Trinajstić information content (AvgIpc) is 2.01. The van der Waals surface area contributed by atoms with Crippen LogP contribution in [0, 0.1) is 0 Å². The molecular weight excluding hydrogens is 242 g/mol. The van der Waals surface area contributed by atoms with Crippen LogP contribution < -0.4 is 0 Å². The molecule has 0 aromatic carbocycles. The van der Waals surface area contributed by atoms with Gasteiger partial charge in [0.05, 0.1) is 10.8 Å². The van der Waals surface area contributed by atoms with Gasteiger partial charge >= 0.3 is 0 Å². The Morgan fingerprint density at radius 1 is 1.50 bits per heavy atom. The predicted octanol–water partition coefficient (Wildman–Crippen LogP) is 1.87. The second-order valence-electron chi connectivity index (χ2n) is 2.78. The third-order valence-electron chi connectivity index (χ3n) is 1.39. The number of halogens is 1. The largest absolute Gasteiger partial charge is 0.230 e. The summed E-state index contributed by atoms with van der Waals surface area (Å²) in [4.78, 5) is 4.03. The number of hydrogen-bond donors (Lipinski definition) is 0. The average molecular weight is 252 g/mol. The number of rotatable bonds is 4. The fourth-order valence-corrected chi connectivity index (χ4v) is 3.07. The minimum atomic E-state index is -2.89. The van der Waals surface area contributed by atoms with Crippen LogP contribution in [0.2, 0.25) is 5.15 Å². The third-order valence-corrected chi connectivity index (χ3v) is 3.74. The van der Waals surface area contributed by atoms with E-state index in [4.69, 9.17) is 11.6 Å². The maximum Gasteiger partial charge on any atom is 0.148 e. The molecule has 0 unspecified atom stereocenters. The Kier molecular flexibility index (Phi) is 4.22. The first kappa shape index (κ1) is 11.8. The number of hydrogen-bond acceptors (Lipinski definition) is 4. The van der Waals surface area contributed by atoms with Crippen LogP contribution in [0.15, 0.2) is 23.2 Å². The quantitative estimate of drug-likeness (QED) is 0.606. The zero-order chi connectivity index (χ0) is 10.6. The molecule has 0 fully saturated rings. The molecule has 0 saturated heterocycles. The molecule has 1 aromatic heterocycles. The van der Waals surface area contributed by atoms with Gasteiger partial charge in [-0.2, -0.15) is 0 Å². The van der Waals surface area contributed by atoms with E-state index in [0.717, 1.165) is 5.03 Å². The van der Waals surface area contributed by atoms with Gasteiger partial charge in [-0.15, -0.1) is 11.8 Å². The number of pyridine rings is 1. The molecule has 1 aromatic rings. The van der Waals surface area contributed by atoms with Gasteiger partial charge in [0.25, 0.3) is 0 Å². The van der Waals surface area contributed by atoms with Crippen molar-refractivity contribution in [3.05, 3.63) is 23.4 Å². The summed E-state index contributed by atoms with van der Waals surface area (Å²) in [6, 6.07) is 5.28. The van der Waals surface area contributed by atoms with E-state index in [0.29, 0.717) is 10.9 Å². The molecule has 0 aliphatic rings. The Hall–Kier alpha value is -0.260. The monoisotopic (exact) mass is 251 g/mol. The maximum absolute atomic E-state index is 10.8. The van der Waals surface area contributed by atoms with Crippen LogP contribution in [0.4, 0.5) is 0 Å². The lowest BCUT2D eigenvalue weighted by atomic mass is 10.5. The standard InChI is InChI=1S/C8H10ClNO2S2/c1-14(11,12)6-5-13-8-4-2-3-7(9)10-8/h2-4H,5-6H2,1H3. The summed E-state index contributed by atoms with van der Waals surface area (Å²) in [6.45, 7) is 0. The van der Waals surface area contributed by atoms with E-state index in [1.165, 1.54) is 18.0 Å². The van der Waals surface area contributed by atoms with Crippen molar-refractivity contribution < 1.29 is 8.42 Å². The molecule has 0 atom stereocenters. The van der Waals surface area contributed by atoms with Gasteiger partial charge in [-0.1, -0.05) is 17.7 Å². The summed E-state index contributed by atoms with van der Waals surface area (Å²) in [5.41, 5.74) is 0. The van der Waals surface area contributed by atoms with Crippen molar-refractivity contribution in [2.45, 2.75) is 5.03 Å². The minimum absolute atomic E-state index is 0.159. The normalized spacial score (nSPS) is 11.6. The lowest BCUT2D eigenvalue weighted by Crippen LogP contribution is -2.05. The topological polar surface area (TPSA) is 47.0 Å². The first-order chi connectivity index (χ1) is 6.47. The van der Waals surface area contributed by atoms with Crippen LogP contribution in [-0.4, -0.2) is 31.2 Å². The summed E-state index contributed by atoms with van der Waals surface area (Å²) < 4.78 is 21.7. The molecule has 3 nitrogen and oxygen atoms in total.